The van der Waals surface area contributed by atoms with Crippen LogP contribution in [0.4, 0.5) is 4.39 Å². The van der Waals surface area contributed by atoms with E-state index < -0.39 is 0 Å². The lowest BCUT2D eigenvalue weighted by Gasteiger charge is -2.24. The fourth-order valence-electron chi connectivity index (χ4n) is 1.49. The maximum absolute atomic E-state index is 13.3. The lowest BCUT2D eigenvalue weighted by atomic mass is 10.1. The highest BCUT2D eigenvalue weighted by molar-refractivity contribution is 9.10. The van der Waals surface area contributed by atoms with Crippen molar-refractivity contribution in [2.45, 2.75) is 26.0 Å². The minimum Gasteiger partial charge on any atom is -0.377 e. The molecule has 0 heterocycles. The molecular weight excluding hydrogens is 325 g/mol. The molecule has 0 aliphatic rings. The minimum absolute atomic E-state index is 0.264. The molecule has 112 valence electrons. The van der Waals surface area contributed by atoms with Gasteiger partial charge in [-0.15, -0.1) is 0 Å². The van der Waals surface area contributed by atoms with E-state index in [0.717, 1.165) is 10.0 Å². The summed E-state index contributed by atoms with van der Waals surface area (Å²) in [5, 5.41) is 6.30. The number of hydrogen-bond acceptors (Lipinski definition) is 2. The Morgan fingerprint density at radius 2 is 2.05 bits per heavy atom. The van der Waals surface area contributed by atoms with E-state index >= 15 is 0 Å². The van der Waals surface area contributed by atoms with Gasteiger partial charge in [0, 0.05) is 31.7 Å². The number of halogens is 2. The molecule has 0 aromatic heterocycles. The summed E-state index contributed by atoms with van der Waals surface area (Å²) >= 11 is 3.27. The molecule has 20 heavy (non-hydrogen) atoms. The molecule has 1 aromatic rings. The Balaban J connectivity index is 2.53. The number of aliphatic imine (C=N–C) groups is 1. The minimum atomic E-state index is -0.278. The number of nitrogens with one attached hydrogen (secondary N) is 2. The summed E-state index contributed by atoms with van der Waals surface area (Å²) < 4.78 is 19.3. The average molecular weight is 346 g/mol. The molecule has 0 saturated heterocycles. The van der Waals surface area contributed by atoms with Crippen molar-refractivity contribution < 1.29 is 9.13 Å². The average Bonchev–Trinajstić information content (AvgIpc) is 2.38. The number of nitrogens with zero attached hydrogens (tertiary/aromatic N) is 1. The maximum Gasteiger partial charge on any atom is 0.191 e. The van der Waals surface area contributed by atoms with Crippen molar-refractivity contribution >= 4 is 21.9 Å². The maximum atomic E-state index is 13.3. The van der Waals surface area contributed by atoms with Crippen LogP contribution in [-0.4, -0.2) is 32.3 Å². The van der Waals surface area contributed by atoms with Crippen LogP contribution in [0, 0.1) is 5.82 Å². The largest absolute Gasteiger partial charge is 0.377 e. The fraction of sp³-hybridized carbons (Fsp3) is 0.500. The van der Waals surface area contributed by atoms with Crippen LogP contribution in [-0.2, 0) is 11.3 Å². The summed E-state index contributed by atoms with van der Waals surface area (Å²) in [6.45, 7) is 5.08. The van der Waals surface area contributed by atoms with Crippen LogP contribution in [0.5, 0.6) is 0 Å². The Morgan fingerprint density at radius 1 is 1.35 bits per heavy atom. The smallest absolute Gasteiger partial charge is 0.191 e. The highest BCUT2D eigenvalue weighted by atomic mass is 79.9. The van der Waals surface area contributed by atoms with E-state index in [1.54, 1.807) is 14.2 Å². The lowest BCUT2D eigenvalue weighted by molar-refractivity contribution is 0.0268. The molecule has 0 aliphatic carbocycles. The van der Waals surface area contributed by atoms with E-state index in [0.29, 0.717) is 19.0 Å². The molecule has 0 amide bonds. The van der Waals surface area contributed by atoms with Crippen molar-refractivity contribution in [2.75, 3.05) is 20.7 Å². The first kappa shape index (κ1) is 16.9. The Bertz CT molecular complexity index is 457. The first-order chi connectivity index (χ1) is 9.36. The predicted molar refractivity (Wildman–Crippen MR) is 83.4 cm³/mol. The van der Waals surface area contributed by atoms with Crippen LogP contribution >= 0.6 is 15.9 Å². The van der Waals surface area contributed by atoms with Crippen LogP contribution in [0.1, 0.15) is 19.4 Å². The van der Waals surface area contributed by atoms with Gasteiger partial charge < -0.3 is 15.4 Å². The molecule has 0 unspecified atom stereocenters. The molecule has 4 nitrogen and oxygen atoms in total. The molecular formula is C14H21BrFN3O. The predicted octanol–water partition coefficient (Wildman–Crippen LogP) is 2.68. The van der Waals surface area contributed by atoms with Gasteiger partial charge >= 0.3 is 0 Å². The van der Waals surface area contributed by atoms with Crippen molar-refractivity contribution in [3.63, 3.8) is 0 Å². The van der Waals surface area contributed by atoms with Gasteiger partial charge in [0.2, 0.25) is 0 Å². The zero-order valence-electron chi connectivity index (χ0n) is 12.3. The van der Waals surface area contributed by atoms with Gasteiger partial charge in [-0.05, 0) is 37.6 Å². The summed E-state index contributed by atoms with van der Waals surface area (Å²) in [5.41, 5.74) is 0.560. The summed E-state index contributed by atoms with van der Waals surface area (Å²) in [7, 11) is 3.36. The van der Waals surface area contributed by atoms with Gasteiger partial charge in [-0.25, -0.2) is 4.39 Å². The van der Waals surface area contributed by atoms with Gasteiger partial charge in [-0.2, -0.15) is 0 Å². The Kier molecular flexibility index (Phi) is 6.42. The van der Waals surface area contributed by atoms with Gasteiger partial charge in [0.15, 0.2) is 5.96 Å². The third kappa shape index (κ3) is 5.88. The fourth-order valence-corrected chi connectivity index (χ4v) is 2.00. The molecule has 2 N–H and O–H groups in total. The summed E-state index contributed by atoms with van der Waals surface area (Å²) in [4.78, 5) is 4.12. The molecule has 1 rings (SSSR count). The van der Waals surface area contributed by atoms with Gasteiger partial charge in [0.05, 0.1) is 5.60 Å². The van der Waals surface area contributed by atoms with Gasteiger partial charge in [0.25, 0.3) is 0 Å². The number of benzene rings is 1. The highest BCUT2D eigenvalue weighted by Gasteiger charge is 2.16. The van der Waals surface area contributed by atoms with Crippen LogP contribution in [0.2, 0.25) is 0 Å². The third-order valence-electron chi connectivity index (χ3n) is 2.84. The van der Waals surface area contributed by atoms with E-state index in [1.807, 2.05) is 19.9 Å². The van der Waals surface area contributed by atoms with E-state index in [1.165, 1.54) is 12.1 Å². The Labute approximate surface area is 127 Å². The van der Waals surface area contributed by atoms with Gasteiger partial charge in [0.1, 0.15) is 5.82 Å². The number of rotatable bonds is 5. The summed E-state index contributed by atoms with van der Waals surface area (Å²) in [6, 6.07) is 4.78. The summed E-state index contributed by atoms with van der Waals surface area (Å²) in [6.07, 6.45) is 0. The van der Waals surface area contributed by atoms with Crippen LogP contribution in [0.25, 0.3) is 0 Å². The standard InChI is InChI=1S/C14H21BrFN3O/c1-14(2,20-4)9-19-13(17-3)18-8-10-5-11(15)7-12(16)6-10/h5-7H,8-9H2,1-4H3,(H2,17,18,19). The molecule has 1 aromatic carbocycles. The number of methoxy groups -OCH3 is 1. The molecule has 0 bridgehead atoms. The molecule has 0 spiro atoms. The molecule has 0 aliphatic heterocycles. The van der Waals surface area contributed by atoms with E-state index in [2.05, 4.69) is 31.6 Å². The second-order valence-electron chi connectivity index (χ2n) is 5.02. The molecule has 0 atom stereocenters. The summed E-state index contributed by atoms with van der Waals surface area (Å²) in [5.74, 6) is 0.384. The van der Waals surface area contributed by atoms with Gasteiger partial charge in [-0.1, -0.05) is 15.9 Å². The zero-order valence-corrected chi connectivity index (χ0v) is 13.8. The Hall–Kier alpha value is -1.14. The molecule has 6 heteroatoms. The van der Waals surface area contributed by atoms with Crippen LogP contribution in [0.3, 0.4) is 0 Å². The third-order valence-corrected chi connectivity index (χ3v) is 3.30. The topological polar surface area (TPSA) is 45.7 Å². The first-order valence-electron chi connectivity index (χ1n) is 6.31. The molecule has 0 fully saturated rings. The monoisotopic (exact) mass is 345 g/mol. The van der Waals surface area contributed by atoms with Crippen LogP contribution < -0.4 is 10.6 Å². The van der Waals surface area contributed by atoms with Gasteiger partial charge in [-0.3, -0.25) is 4.99 Å². The van der Waals surface area contributed by atoms with Crippen molar-refractivity contribution in [2.24, 2.45) is 4.99 Å². The van der Waals surface area contributed by atoms with E-state index in [-0.39, 0.29) is 11.4 Å². The van der Waals surface area contributed by atoms with Crippen molar-refractivity contribution in [3.8, 4) is 0 Å². The van der Waals surface area contributed by atoms with Crippen molar-refractivity contribution in [1.29, 1.82) is 0 Å². The van der Waals surface area contributed by atoms with Crippen molar-refractivity contribution in [3.05, 3.63) is 34.1 Å². The highest BCUT2D eigenvalue weighted by Crippen LogP contribution is 2.14. The molecule has 0 saturated carbocycles. The van der Waals surface area contributed by atoms with Crippen molar-refractivity contribution in [1.82, 2.24) is 10.6 Å². The quantitative estimate of drug-likeness (QED) is 0.637. The SMILES string of the molecule is CN=C(NCc1cc(F)cc(Br)c1)NCC(C)(C)OC. The van der Waals surface area contributed by atoms with E-state index in [4.69, 9.17) is 4.74 Å². The Morgan fingerprint density at radius 3 is 2.60 bits per heavy atom. The van der Waals surface area contributed by atoms with E-state index in [9.17, 15) is 4.39 Å². The number of guanidine groups is 1. The number of ether oxygens (including phenoxy) is 1. The normalized spacial score (nSPS) is 12.4. The second kappa shape index (κ2) is 7.59. The molecule has 0 radical (unpaired) electrons. The number of hydrogen-bond donors (Lipinski definition) is 2. The zero-order chi connectivity index (χ0) is 15.2. The first-order valence-corrected chi connectivity index (χ1v) is 7.10. The van der Waals surface area contributed by atoms with Crippen LogP contribution in [0.15, 0.2) is 27.7 Å². The second-order valence-corrected chi connectivity index (χ2v) is 5.94. The lowest BCUT2D eigenvalue weighted by Crippen LogP contribution is -2.45.